The van der Waals surface area contributed by atoms with Crippen LogP contribution in [0.1, 0.15) is 26.7 Å². The van der Waals surface area contributed by atoms with Crippen LogP contribution in [-0.4, -0.2) is 23.8 Å². The predicted molar refractivity (Wildman–Crippen MR) is 46.7 cm³/mol. The Morgan fingerprint density at radius 2 is 2.23 bits per heavy atom. The van der Waals surface area contributed by atoms with Crippen LogP contribution in [0.2, 0.25) is 0 Å². The third-order valence-electron chi connectivity index (χ3n) is 1.31. The minimum Gasteiger partial charge on any atom is -0.465 e. The summed E-state index contributed by atoms with van der Waals surface area (Å²) in [4.78, 5) is 10.9. The van der Waals surface area contributed by atoms with Crippen LogP contribution in [0.5, 0.6) is 0 Å². The molecule has 0 aliphatic heterocycles. The average molecular weight is 185 g/mol. The van der Waals surface area contributed by atoms with Gasteiger partial charge in [-0.05, 0) is 5.92 Å². The number of carbonyl (C=O) groups excluding carboxylic acids is 1. The van der Waals surface area contributed by atoms with Gasteiger partial charge in [0.1, 0.15) is 0 Å². The van der Waals surface area contributed by atoms with Gasteiger partial charge < -0.3 is 9.84 Å². The molecular formula is C9H15NO3. The fourth-order valence-electron chi connectivity index (χ4n) is 0.688. The van der Waals surface area contributed by atoms with E-state index in [0.717, 1.165) is 0 Å². The highest BCUT2D eigenvalue weighted by molar-refractivity contribution is 5.69. The Morgan fingerprint density at radius 3 is 2.69 bits per heavy atom. The molecule has 1 N–H and O–H groups in total. The molecule has 0 bridgehead atoms. The first-order valence-corrected chi connectivity index (χ1v) is 4.27. The number of carbonyl (C=O) groups is 1. The number of aliphatic hydroxyl groups is 1. The van der Waals surface area contributed by atoms with E-state index >= 15 is 0 Å². The lowest BCUT2D eigenvalue weighted by atomic mass is 10.2. The SMILES string of the molecule is CC(C)COC(=O)CC(O)CC#N. The summed E-state index contributed by atoms with van der Waals surface area (Å²) in [5.74, 6) is -0.159. The summed E-state index contributed by atoms with van der Waals surface area (Å²) in [7, 11) is 0. The Kier molecular flexibility index (Phi) is 5.90. The van der Waals surface area contributed by atoms with Crippen molar-refractivity contribution in [1.29, 1.82) is 5.26 Å². The summed E-state index contributed by atoms with van der Waals surface area (Å²) in [6.45, 7) is 4.22. The van der Waals surface area contributed by atoms with Crippen molar-refractivity contribution >= 4 is 5.97 Å². The fourth-order valence-corrected chi connectivity index (χ4v) is 0.688. The molecule has 0 aromatic rings. The lowest BCUT2D eigenvalue weighted by Gasteiger charge is -2.08. The normalized spacial score (nSPS) is 12.2. The molecule has 0 saturated carbocycles. The molecule has 13 heavy (non-hydrogen) atoms. The van der Waals surface area contributed by atoms with Crippen LogP contribution >= 0.6 is 0 Å². The number of hydrogen-bond acceptors (Lipinski definition) is 4. The smallest absolute Gasteiger partial charge is 0.308 e. The first-order chi connectivity index (χ1) is 6.06. The highest BCUT2D eigenvalue weighted by atomic mass is 16.5. The second kappa shape index (κ2) is 6.44. The molecule has 0 aromatic carbocycles. The minimum absolute atomic E-state index is 0.0310. The minimum atomic E-state index is -0.898. The maximum Gasteiger partial charge on any atom is 0.308 e. The lowest BCUT2D eigenvalue weighted by molar-refractivity contribution is -0.146. The molecule has 0 spiro atoms. The first kappa shape index (κ1) is 11.9. The molecule has 0 amide bonds. The maximum absolute atomic E-state index is 10.9. The standard InChI is InChI=1S/C9H15NO3/c1-7(2)6-13-9(12)5-8(11)3-4-10/h7-8,11H,3,5-6H2,1-2H3. The van der Waals surface area contributed by atoms with Gasteiger partial charge in [-0.15, -0.1) is 0 Å². The van der Waals surface area contributed by atoms with Crippen molar-refractivity contribution in [3.63, 3.8) is 0 Å². The van der Waals surface area contributed by atoms with Crippen molar-refractivity contribution in [3.8, 4) is 6.07 Å². The number of hydrogen-bond donors (Lipinski definition) is 1. The molecule has 0 heterocycles. The van der Waals surface area contributed by atoms with Crippen molar-refractivity contribution in [1.82, 2.24) is 0 Å². The zero-order valence-electron chi connectivity index (χ0n) is 7.99. The molecule has 4 nitrogen and oxygen atoms in total. The molecule has 0 fully saturated rings. The van der Waals surface area contributed by atoms with Crippen LogP contribution in [0, 0.1) is 17.2 Å². The van der Waals surface area contributed by atoms with Gasteiger partial charge in [-0.3, -0.25) is 4.79 Å². The Bertz CT molecular complexity index is 196. The molecule has 0 saturated heterocycles. The monoisotopic (exact) mass is 185 g/mol. The Hall–Kier alpha value is -1.08. The van der Waals surface area contributed by atoms with Gasteiger partial charge in [0.15, 0.2) is 0 Å². The molecule has 0 aromatic heterocycles. The second-order valence-electron chi connectivity index (χ2n) is 3.30. The van der Waals surface area contributed by atoms with Crippen molar-refractivity contribution in [2.24, 2.45) is 5.92 Å². The van der Waals surface area contributed by atoms with E-state index in [9.17, 15) is 4.79 Å². The number of esters is 1. The average Bonchev–Trinajstić information content (AvgIpc) is 2.01. The van der Waals surface area contributed by atoms with Gasteiger partial charge in [0, 0.05) is 0 Å². The fraction of sp³-hybridized carbons (Fsp3) is 0.778. The molecule has 4 heteroatoms. The Morgan fingerprint density at radius 1 is 1.62 bits per heavy atom. The number of nitriles is 1. The summed E-state index contributed by atoms with van der Waals surface area (Å²) < 4.78 is 4.81. The van der Waals surface area contributed by atoms with E-state index in [1.165, 1.54) is 0 Å². The van der Waals surface area contributed by atoms with Crippen molar-refractivity contribution < 1.29 is 14.6 Å². The van der Waals surface area contributed by atoms with E-state index in [0.29, 0.717) is 6.61 Å². The van der Waals surface area contributed by atoms with Crippen molar-refractivity contribution in [2.45, 2.75) is 32.8 Å². The molecule has 74 valence electrons. The highest BCUT2D eigenvalue weighted by Gasteiger charge is 2.11. The summed E-state index contributed by atoms with van der Waals surface area (Å²) in [6, 6.07) is 1.78. The van der Waals surface area contributed by atoms with E-state index in [1.54, 1.807) is 6.07 Å². The van der Waals surface area contributed by atoms with Gasteiger partial charge in [-0.2, -0.15) is 5.26 Å². The van der Waals surface area contributed by atoms with Crippen LogP contribution in [0.4, 0.5) is 0 Å². The topological polar surface area (TPSA) is 70.3 Å². The van der Waals surface area contributed by atoms with E-state index in [-0.39, 0.29) is 18.8 Å². The van der Waals surface area contributed by atoms with E-state index in [2.05, 4.69) is 0 Å². The van der Waals surface area contributed by atoms with Crippen LogP contribution in [0.25, 0.3) is 0 Å². The summed E-state index contributed by atoms with van der Waals surface area (Å²) in [5, 5.41) is 17.3. The third-order valence-corrected chi connectivity index (χ3v) is 1.31. The predicted octanol–water partition coefficient (Wildman–Crippen LogP) is 0.850. The quantitative estimate of drug-likeness (QED) is 0.644. The number of nitrogens with zero attached hydrogens (tertiary/aromatic N) is 1. The zero-order chi connectivity index (χ0) is 10.3. The molecular weight excluding hydrogens is 170 g/mol. The summed E-state index contributed by atoms with van der Waals surface area (Å²) in [6.07, 6.45) is -1.03. The first-order valence-electron chi connectivity index (χ1n) is 4.27. The maximum atomic E-state index is 10.9. The van der Waals surface area contributed by atoms with Crippen LogP contribution in [-0.2, 0) is 9.53 Å². The van der Waals surface area contributed by atoms with Crippen LogP contribution < -0.4 is 0 Å². The van der Waals surface area contributed by atoms with Gasteiger partial charge in [0.2, 0.25) is 0 Å². The summed E-state index contributed by atoms with van der Waals surface area (Å²) in [5.41, 5.74) is 0. The second-order valence-corrected chi connectivity index (χ2v) is 3.30. The zero-order valence-corrected chi connectivity index (χ0v) is 7.99. The number of aliphatic hydroxyl groups excluding tert-OH is 1. The van der Waals surface area contributed by atoms with Gasteiger partial charge in [-0.25, -0.2) is 0 Å². The molecule has 0 aliphatic carbocycles. The summed E-state index contributed by atoms with van der Waals surface area (Å²) >= 11 is 0. The molecule has 1 atom stereocenters. The Balaban J connectivity index is 3.57. The van der Waals surface area contributed by atoms with Gasteiger partial charge in [-0.1, -0.05) is 13.8 Å². The molecule has 1 unspecified atom stereocenters. The molecule has 0 radical (unpaired) electrons. The third kappa shape index (κ3) is 7.29. The van der Waals surface area contributed by atoms with Gasteiger partial charge in [0.25, 0.3) is 0 Å². The number of rotatable bonds is 5. The van der Waals surface area contributed by atoms with Gasteiger partial charge in [0.05, 0.1) is 31.6 Å². The van der Waals surface area contributed by atoms with Crippen molar-refractivity contribution in [3.05, 3.63) is 0 Å². The largest absolute Gasteiger partial charge is 0.465 e. The van der Waals surface area contributed by atoms with Crippen molar-refractivity contribution in [2.75, 3.05) is 6.61 Å². The Labute approximate surface area is 78.1 Å². The molecule has 0 rings (SSSR count). The van der Waals surface area contributed by atoms with E-state index < -0.39 is 12.1 Å². The number of ether oxygens (including phenoxy) is 1. The van der Waals surface area contributed by atoms with E-state index in [1.807, 2.05) is 13.8 Å². The lowest BCUT2D eigenvalue weighted by Crippen LogP contribution is -2.17. The van der Waals surface area contributed by atoms with Crippen LogP contribution in [0.3, 0.4) is 0 Å². The highest BCUT2D eigenvalue weighted by Crippen LogP contribution is 2.00. The van der Waals surface area contributed by atoms with Crippen LogP contribution in [0.15, 0.2) is 0 Å². The van der Waals surface area contributed by atoms with E-state index in [4.69, 9.17) is 15.1 Å². The molecule has 0 aliphatic rings. The van der Waals surface area contributed by atoms with Gasteiger partial charge >= 0.3 is 5.97 Å².